The Morgan fingerprint density at radius 1 is 1.05 bits per heavy atom. The van der Waals surface area contributed by atoms with Crippen LogP contribution < -0.4 is 0 Å². The van der Waals surface area contributed by atoms with Crippen molar-refractivity contribution in [2.24, 2.45) is 23.7 Å². The van der Waals surface area contributed by atoms with E-state index in [1.807, 2.05) is 56.3 Å². The second-order valence-electron chi connectivity index (χ2n) is 11.0. The summed E-state index contributed by atoms with van der Waals surface area (Å²) >= 11 is 0. The molecule has 0 bridgehead atoms. The van der Waals surface area contributed by atoms with Gasteiger partial charge in [0.15, 0.2) is 0 Å². The van der Waals surface area contributed by atoms with Gasteiger partial charge in [0, 0.05) is 6.42 Å². The van der Waals surface area contributed by atoms with E-state index in [-0.39, 0.29) is 36.4 Å². The van der Waals surface area contributed by atoms with Crippen LogP contribution in [0.25, 0.3) is 0 Å². The van der Waals surface area contributed by atoms with Gasteiger partial charge in [-0.1, -0.05) is 42.5 Å². The van der Waals surface area contributed by atoms with Crippen molar-refractivity contribution < 1.29 is 39.5 Å². The zero-order valence-electron chi connectivity index (χ0n) is 23.5. The van der Waals surface area contributed by atoms with Crippen LogP contribution in [0.2, 0.25) is 0 Å². The van der Waals surface area contributed by atoms with Crippen LogP contribution in [-0.2, 0) is 25.5 Å². The van der Waals surface area contributed by atoms with Crippen molar-refractivity contribution in [3.8, 4) is 0 Å². The fourth-order valence-corrected chi connectivity index (χ4v) is 5.35. The van der Waals surface area contributed by atoms with Gasteiger partial charge < -0.3 is 29.9 Å². The van der Waals surface area contributed by atoms with Gasteiger partial charge in [-0.2, -0.15) is 0 Å². The number of esters is 2. The second-order valence-corrected chi connectivity index (χ2v) is 11.0. The average molecular weight is 549 g/mol. The lowest BCUT2D eigenvalue weighted by Gasteiger charge is -2.26. The third-order valence-corrected chi connectivity index (χ3v) is 7.54. The Bertz CT molecular complexity index is 851. The van der Waals surface area contributed by atoms with Gasteiger partial charge >= 0.3 is 11.9 Å². The molecule has 1 aromatic carbocycles. The predicted octanol–water partition coefficient (Wildman–Crippen LogP) is 3.59. The Hall–Kier alpha value is -2.26. The van der Waals surface area contributed by atoms with E-state index in [1.165, 1.54) is 5.56 Å². The van der Waals surface area contributed by atoms with Gasteiger partial charge in [0.25, 0.3) is 0 Å². The van der Waals surface area contributed by atoms with Gasteiger partial charge in [-0.25, -0.2) is 0 Å². The molecule has 39 heavy (non-hydrogen) atoms. The zero-order chi connectivity index (χ0) is 28.6. The lowest BCUT2D eigenvalue weighted by molar-refractivity contribution is -0.153. The molecule has 0 spiro atoms. The molecule has 0 aliphatic heterocycles. The van der Waals surface area contributed by atoms with Crippen LogP contribution in [0.1, 0.15) is 70.8 Å². The summed E-state index contributed by atoms with van der Waals surface area (Å²) in [4.78, 5) is 23.9. The number of hydrogen-bond donors (Lipinski definition) is 4. The molecule has 220 valence electrons. The highest BCUT2D eigenvalue weighted by molar-refractivity contribution is 5.72. The SMILES string of the molecule is CC(C)OC(=O)CCCC=CCC1C(O)CC(COC(=O)C(CO)CO)C1CCC(O)CCc1ccccc1. The number of benzene rings is 1. The number of rotatable bonds is 18. The molecular weight excluding hydrogens is 500 g/mol. The van der Waals surface area contributed by atoms with Crippen molar-refractivity contribution in [3.05, 3.63) is 48.0 Å². The molecule has 1 aliphatic carbocycles. The van der Waals surface area contributed by atoms with E-state index in [0.29, 0.717) is 44.9 Å². The molecule has 1 aromatic rings. The normalized spacial score (nSPS) is 22.1. The molecule has 1 saturated carbocycles. The molecule has 0 amide bonds. The fourth-order valence-electron chi connectivity index (χ4n) is 5.35. The van der Waals surface area contributed by atoms with Crippen molar-refractivity contribution in [2.45, 2.75) is 89.9 Å². The number of hydrogen-bond acceptors (Lipinski definition) is 8. The summed E-state index contributed by atoms with van der Waals surface area (Å²) < 4.78 is 10.6. The predicted molar refractivity (Wildman–Crippen MR) is 149 cm³/mol. The highest BCUT2D eigenvalue weighted by Gasteiger charge is 2.42. The molecule has 1 aliphatic rings. The smallest absolute Gasteiger partial charge is 0.313 e. The number of aliphatic hydroxyl groups is 4. The highest BCUT2D eigenvalue weighted by Crippen LogP contribution is 2.43. The van der Waals surface area contributed by atoms with Crippen LogP contribution in [0.4, 0.5) is 0 Å². The Morgan fingerprint density at radius 3 is 2.44 bits per heavy atom. The summed E-state index contributed by atoms with van der Waals surface area (Å²) in [6.45, 7) is 2.80. The minimum Gasteiger partial charge on any atom is -0.465 e. The quantitative estimate of drug-likeness (QED) is 0.124. The molecule has 1 fully saturated rings. The van der Waals surface area contributed by atoms with Crippen LogP contribution in [0.5, 0.6) is 0 Å². The Labute approximate surface area is 233 Å². The largest absolute Gasteiger partial charge is 0.465 e. The lowest BCUT2D eigenvalue weighted by Crippen LogP contribution is -2.28. The van der Waals surface area contributed by atoms with Crippen LogP contribution >= 0.6 is 0 Å². The molecule has 0 heterocycles. The Balaban J connectivity index is 1.93. The number of carbonyl (C=O) groups is 2. The molecule has 0 aromatic heterocycles. The zero-order valence-corrected chi connectivity index (χ0v) is 23.5. The van der Waals surface area contributed by atoms with E-state index in [4.69, 9.17) is 9.47 Å². The van der Waals surface area contributed by atoms with Crippen LogP contribution in [0.15, 0.2) is 42.5 Å². The standard InChI is InChI=1S/C31H48O8/c1-22(2)39-30(36)13-9-4-3-8-12-28-27(17-16-26(34)15-14-23-10-6-5-7-11-23)24(18-29(28)35)21-38-31(37)25(19-32)20-33/h3,5-8,10-11,22,24-29,32-35H,4,9,12-21H2,1-2H3. The molecule has 8 nitrogen and oxygen atoms in total. The summed E-state index contributed by atoms with van der Waals surface area (Å²) in [6.07, 6.45) is 8.59. The number of carbonyl (C=O) groups excluding carboxylic acids is 2. The maximum Gasteiger partial charge on any atom is 0.313 e. The van der Waals surface area contributed by atoms with Gasteiger partial charge in [0.1, 0.15) is 5.92 Å². The van der Waals surface area contributed by atoms with Crippen LogP contribution in [0.3, 0.4) is 0 Å². The summed E-state index contributed by atoms with van der Waals surface area (Å²) in [5.74, 6) is -1.87. The molecule has 8 heteroatoms. The number of allylic oxidation sites excluding steroid dienone is 2. The van der Waals surface area contributed by atoms with E-state index >= 15 is 0 Å². The molecular formula is C31H48O8. The monoisotopic (exact) mass is 548 g/mol. The summed E-state index contributed by atoms with van der Waals surface area (Å²) in [5.41, 5.74) is 1.18. The lowest BCUT2D eigenvalue weighted by atomic mass is 9.82. The van der Waals surface area contributed by atoms with Crippen LogP contribution in [0, 0.1) is 23.7 Å². The third kappa shape index (κ3) is 12.2. The third-order valence-electron chi connectivity index (χ3n) is 7.54. The minimum absolute atomic E-state index is 0.0383. The van der Waals surface area contributed by atoms with E-state index < -0.39 is 37.3 Å². The Morgan fingerprint density at radius 2 is 1.77 bits per heavy atom. The van der Waals surface area contributed by atoms with Crippen molar-refractivity contribution >= 4 is 11.9 Å². The highest BCUT2D eigenvalue weighted by atomic mass is 16.5. The molecule has 0 radical (unpaired) electrons. The summed E-state index contributed by atoms with van der Waals surface area (Å²) in [7, 11) is 0. The summed E-state index contributed by atoms with van der Waals surface area (Å²) in [5, 5.41) is 40.1. The van der Waals surface area contributed by atoms with Gasteiger partial charge in [0.2, 0.25) is 0 Å². The van der Waals surface area contributed by atoms with Crippen molar-refractivity contribution in [1.82, 2.24) is 0 Å². The Kier molecular flexibility index (Phi) is 15.3. The molecule has 2 rings (SSSR count). The van der Waals surface area contributed by atoms with Crippen molar-refractivity contribution in [3.63, 3.8) is 0 Å². The first kappa shape index (κ1) is 32.9. The molecule has 4 N–H and O–H groups in total. The van der Waals surface area contributed by atoms with Crippen LogP contribution in [-0.4, -0.2) is 70.5 Å². The number of unbranched alkanes of at least 4 members (excludes halogenated alkanes) is 1. The van der Waals surface area contributed by atoms with Gasteiger partial charge in [-0.15, -0.1) is 0 Å². The van der Waals surface area contributed by atoms with E-state index in [1.54, 1.807) is 0 Å². The van der Waals surface area contributed by atoms with E-state index in [2.05, 4.69) is 0 Å². The maximum atomic E-state index is 12.2. The van der Waals surface area contributed by atoms with E-state index in [9.17, 15) is 30.0 Å². The number of ether oxygens (including phenoxy) is 2. The van der Waals surface area contributed by atoms with Crippen molar-refractivity contribution in [1.29, 1.82) is 0 Å². The van der Waals surface area contributed by atoms with Crippen molar-refractivity contribution in [2.75, 3.05) is 19.8 Å². The first-order valence-electron chi connectivity index (χ1n) is 14.4. The molecule has 5 unspecified atom stereocenters. The first-order valence-corrected chi connectivity index (χ1v) is 14.4. The second kappa shape index (κ2) is 18.2. The molecule has 5 atom stereocenters. The first-order chi connectivity index (χ1) is 18.7. The molecule has 0 saturated heterocycles. The number of aryl methyl sites for hydroxylation is 1. The fraction of sp³-hybridized carbons (Fsp3) is 0.677. The average Bonchev–Trinajstić information content (AvgIpc) is 3.21. The maximum absolute atomic E-state index is 12.2. The van der Waals surface area contributed by atoms with E-state index in [0.717, 1.165) is 12.8 Å². The van der Waals surface area contributed by atoms with Gasteiger partial charge in [-0.3, -0.25) is 9.59 Å². The van der Waals surface area contributed by atoms with Gasteiger partial charge in [-0.05, 0) is 88.5 Å². The topological polar surface area (TPSA) is 134 Å². The van der Waals surface area contributed by atoms with Gasteiger partial charge in [0.05, 0.1) is 38.1 Å². The number of aliphatic hydroxyl groups excluding tert-OH is 4. The summed E-state index contributed by atoms with van der Waals surface area (Å²) in [6, 6.07) is 10.0. The minimum atomic E-state index is -0.967.